The van der Waals surface area contributed by atoms with E-state index in [0.29, 0.717) is 17.9 Å². The number of allylic oxidation sites excluding steroid dienone is 6. The number of hydrogen-bond donors (Lipinski definition) is 0. The van der Waals surface area contributed by atoms with E-state index in [9.17, 15) is 14.4 Å². The first kappa shape index (κ1) is 26.2. The molecule has 0 unspecified atom stereocenters. The molecule has 0 aromatic heterocycles. The fourth-order valence-corrected chi connectivity index (χ4v) is 3.46. The minimum atomic E-state index is -0.585. The molecule has 0 radical (unpaired) electrons. The van der Waals surface area contributed by atoms with Gasteiger partial charge in [-0.15, -0.1) is 0 Å². The van der Waals surface area contributed by atoms with Crippen LogP contribution in [0.2, 0.25) is 0 Å². The van der Waals surface area contributed by atoms with Crippen LogP contribution < -0.4 is 0 Å². The zero-order chi connectivity index (χ0) is 22.0. The Hall–Kier alpha value is -1.77. The maximum atomic E-state index is 12.6. The van der Waals surface area contributed by atoms with Crippen LogP contribution in [0.25, 0.3) is 0 Å². The van der Waals surface area contributed by atoms with E-state index in [0.717, 1.165) is 24.0 Å². The molecular formula is C25H40O3. The second-order valence-corrected chi connectivity index (χ2v) is 8.37. The van der Waals surface area contributed by atoms with Crippen LogP contribution in [-0.4, -0.2) is 17.3 Å². The van der Waals surface area contributed by atoms with Crippen molar-refractivity contribution in [1.29, 1.82) is 0 Å². The summed E-state index contributed by atoms with van der Waals surface area (Å²) in [6.45, 7) is 17.4. The molecular weight excluding hydrogens is 348 g/mol. The van der Waals surface area contributed by atoms with Gasteiger partial charge in [0.2, 0.25) is 0 Å². The van der Waals surface area contributed by atoms with Gasteiger partial charge in [-0.3, -0.25) is 14.4 Å². The number of carbonyl (C=O) groups excluding carboxylic acids is 3. The average molecular weight is 389 g/mol. The van der Waals surface area contributed by atoms with Gasteiger partial charge in [-0.25, -0.2) is 0 Å². The zero-order valence-corrected chi connectivity index (χ0v) is 19.4. The second kappa shape index (κ2) is 12.6. The van der Waals surface area contributed by atoms with Gasteiger partial charge < -0.3 is 0 Å². The lowest BCUT2D eigenvalue weighted by Gasteiger charge is -2.15. The third-order valence-corrected chi connectivity index (χ3v) is 5.39. The van der Waals surface area contributed by atoms with Gasteiger partial charge in [0, 0.05) is 12.3 Å². The minimum absolute atomic E-state index is 0.0312. The highest BCUT2D eigenvalue weighted by atomic mass is 16.2. The topological polar surface area (TPSA) is 51.2 Å². The molecule has 0 aliphatic carbocycles. The number of rotatable bonds is 12. The van der Waals surface area contributed by atoms with E-state index in [4.69, 9.17) is 0 Å². The Morgan fingerprint density at radius 1 is 0.821 bits per heavy atom. The standard InChI is InChI=1S/C25H40O3/c1-10-16(3)13-19(6)24(27)20(7)14-17(4)12-18(5)15-21(8)25(28)22(9)23(26)11-2/h12,14-17,19,22H,10-11,13H2,1-9H3/b18-12+,20-14+,21-15+/t16-,17-,19+,22-/m0/s1. The van der Waals surface area contributed by atoms with Crippen molar-refractivity contribution in [3.8, 4) is 0 Å². The highest BCUT2D eigenvalue weighted by Gasteiger charge is 2.21. The van der Waals surface area contributed by atoms with Crippen LogP contribution in [0.1, 0.15) is 81.6 Å². The van der Waals surface area contributed by atoms with E-state index in [2.05, 4.69) is 13.8 Å². The molecule has 0 rings (SSSR count). The molecule has 0 amide bonds. The number of hydrogen-bond acceptors (Lipinski definition) is 3. The van der Waals surface area contributed by atoms with Crippen LogP contribution in [-0.2, 0) is 14.4 Å². The second-order valence-electron chi connectivity index (χ2n) is 8.37. The van der Waals surface area contributed by atoms with Crippen LogP contribution in [0.5, 0.6) is 0 Å². The average Bonchev–Trinajstić information content (AvgIpc) is 2.64. The molecule has 28 heavy (non-hydrogen) atoms. The zero-order valence-electron chi connectivity index (χ0n) is 19.4. The molecule has 0 aromatic rings. The molecule has 0 saturated heterocycles. The van der Waals surface area contributed by atoms with E-state index in [-0.39, 0.29) is 29.2 Å². The van der Waals surface area contributed by atoms with Crippen molar-refractivity contribution in [2.45, 2.75) is 81.6 Å². The third kappa shape index (κ3) is 8.95. The highest BCUT2D eigenvalue weighted by molar-refractivity contribution is 6.09. The summed E-state index contributed by atoms with van der Waals surface area (Å²) in [6, 6.07) is 0. The van der Waals surface area contributed by atoms with Gasteiger partial charge in [-0.1, -0.05) is 64.8 Å². The third-order valence-electron chi connectivity index (χ3n) is 5.39. The van der Waals surface area contributed by atoms with Crippen LogP contribution in [0.15, 0.2) is 34.9 Å². The van der Waals surface area contributed by atoms with Crippen molar-refractivity contribution in [1.82, 2.24) is 0 Å². The summed E-state index contributed by atoms with van der Waals surface area (Å²) in [5.41, 5.74) is 2.35. The first-order valence-electron chi connectivity index (χ1n) is 10.6. The van der Waals surface area contributed by atoms with E-state index < -0.39 is 5.92 Å². The number of Topliss-reactive ketones (excluding diaryl/α,β-unsaturated/α-hetero) is 3. The van der Waals surface area contributed by atoms with Gasteiger partial charge in [0.25, 0.3) is 0 Å². The van der Waals surface area contributed by atoms with Crippen molar-refractivity contribution in [3.63, 3.8) is 0 Å². The molecule has 0 heterocycles. The van der Waals surface area contributed by atoms with Gasteiger partial charge in [-0.2, -0.15) is 0 Å². The van der Waals surface area contributed by atoms with Gasteiger partial charge >= 0.3 is 0 Å². The largest absolute Gasteiger partial charge is 0.299 e. The summed E-state index contributed by atoms with van der Waals surface area (Å²) in [5.74, 6) is 0.169. The first-order valence-corrected chi connectivity index (χ1v) is 10.6. The lowest BCUT2D eigenvalue weighted by atomic mass is 9.88. The smallest absolute Gasteiger partial charge is 0.168 e. The molecule has 0 aromatic carbocycles. The summed E-state index contributed by atoms with van der Waals surface area (Å²) >= 11 is 0. The molecule has 0 N–H and O–H groups in total. The Bertz CT molecular complexity index is 649. The molecule has 0 spiro atoms. The number of ketones is 3. The normalized spacial score (nSPS) is 17.7. The fourth-order valence-electron chi connectivity index (χ4n) is 3.46. The SMILES string of the molecule is CCC(=O)[C@H](C)C(=O)/C(C)=C/C(C)=C/[C@H](C)/C=C(\C)C(=O)[C@H](C)C[C@@H](C)CC. The van der Waals surface area contributed by atoms with Crippen LogP contribution in [0.3, 0.4) is 0 Å². The number of carbonyl (C=O) groups is 3. The summed E-state index contributed by atoms with van der Waals surface area (Å²) in [7, 11) is 0. The van der Waals surface area contributed by atoms with E-state index in [1.165, 1.54) is 0 Å². The monoisotopic (exact) mass is 388 g/mol. The van der Waals surface area contributed by atoms with E-state index in [1.807, 2.05) is 45.9 Å². The maximum Gasteiger partial charge on any atom is 0.168 e. The molecule has 158 valence electrons. The van der Waals surface area contributed by atoms with Crippen LogP contribution in [0, 0.1) is 23.7 Å². The summed E-state index contributed by atoms with van der Waals surface area (Å²) < 4.78 is 0. The lowest BCUT2D eigenvalue weighted by molar-refractivity contribution is -0.129. The molecule has 0 fully saturated rings. The highest BCUT2D eigenvalue weighted by Crippen LogP contribution is 2.20. The predicted molar refractivity (Wildman–Crippen MR) is 118 cm³/mol. The van der Waals surface area contributed by atoms with Crippen molar-refractivity contribution in [2.24, 2.45) is 23.7 Å². The van der Waals surface area contributed by atoms with Crippen LogP contribution >= 0.6 is 0 Å². The Labute approximate surface area is 172 Å². The Kier molecular flexibility index (Phi) is 11.8. The van der Waals surface area contributed by atoms with E-state index >= 15 is 0 Å². The minimum Gasteiger partial charge on any atom is -0.299 e. The van der Waals surface area contributed by atoms with Crippen molar-refractivity contribution < 1.29 is 14.4 Å². The molecule has 3 heteroatoms. The molecule has 0 saturated carbocycles. The van der Waals surface area contributed by atoms with Gasteiger partial charge in [0.1, 0.15) is 5.78 Å². The van der Waals surface area contributed by atoms with Gasteiger partial charge in [0.15, 0.2) is 11.6 Å². The Morgan fingerprint density at radius 3 is 1.89 bits per heavy atom. The van der Waals surface area contributed by atoms with Gasteiger partial charge in [0.05, 0.1) is 5.92 Å². The molecule has 0 bridgehead atoms. The van der Waals surface area contributed by atoms with E-state index in [1.54, 1.807) is 20.8 Å². The Morgan fingerprint density at radius 2 is 1.39 bits per heavy atom. The van der Waals surface area contributed by atoms with Crippen LogP contribution in [0.4, 0.5) is 0 Å². The summed E-state index contributed by atoms with van der Waals surface area (Å²) in [5, 5.41) is 0. The lowest BCUT2D eigenvalue weighted by Crippen LogP contribution is -2.21. The van der Waals surface area contributed by atoms with Crippen molar-refractivity contribution in [3.05, 3.63) is 34.9 Å². The molecule has 4 atom stereocenters. The Balaban J connectivity index is 5.14. The maximum absolute atomic E-state index is 12.6. The first-order chi connectivity index (χ1) is 12.9. The molecule has 0 aliphatic heterocycles. The predicted octanol–water partition coefficient (Wildman–Crippen LogP) is 6.29. The van der Waals surface area contributed by atoms with Crippen molar-refractivity contribution in [2.75, 3.05) is 0 Å². The van der Waals surface area contributed by atoms with Gasteiger partial charge in [-0.05, 0) is 57.1 Å². The summed E-state index contributed by atoms with van der Waals surface area (Å²) in [4.78, 5) is 36.7. The summed E-state index contributed by atoms with van der Waals surface area (Å²) in [6.07, 6.45) is 8.24. The molecule has 3 nitrogen and oxygen atoms in total. The van der Waals surface area contributed by atoms with Crippen molar-refractivity contribution >= 4 is 17.3 Å². The fraction of sp³-hybridized carbons (Fsp3) is 0.640. The quantitative estimate of drug-likeness (QED) is 0.224. The molecule has 0 aliphatic rings.